The Hall–Kier alpha value is -4.70. The number of halogens is 6. The fourth-order valence-electron chi connectivity index (χ4n) is 7.18. The topological polar surface area (TPSA) is 124 Å². The molecule has 1 atom stereocenters. The lowest BCUT2D eigenvalue weighted by molar-refractivity contribution is -0.137. The van der Waals surface area contributed by atoms with E-state index in [4.69, 9.17) is 16.3 Å². The van der Waals surface area contributed by atoms with Crippen molar-refractivity contribution in [2.75, 3.05) is 31.6 Å². The molecule has 1 spiro atoms. The van der Waals surface area contributed by atoms with Gasteiger partial charge in [0, 0.05) is 36.0 Å². The lowest BCUT2D eigenvalue weighted by Crippen LogP contribution is -2.46. The van der Waals surface area contributed by atoms with Gasteiger partial charge >= 0.3 is 6.18 Å². The number of anilines is 1. The average Bonchev–Trinajstić information content (AvgIpc) is 3.69. The van der Waals surface area contributed by atoms with E-state index in [1.54, 1.807) is 29.2 Å². The van der Waals surface area contributed by atoms with Gasteiger partial charge < -0.3 is 19.5 Å². The number of aromatic nitrogens is 5. The predicted octanol–water partition coefficient (Wildman–Crippen LogP) is 5.33. The van der Waals surface area contributed by atoms with Gasteiger partial charge in [0.05, 0.1) is 35.4 Å². The molecule has 17 heteroatoms. The minimum Gasteiger partial charge on any atom is -0.377 e. The number of likely N-dealkylation sites (tertiary alicyclic amines) is 1. The molecular weight excluding hydrogens is 689 g/mol. The van der Waals surface area contributed by atoms with E-state index in [0.717, 1.165) is 16.6 Å². The molecule has 262 valence electrons. The van der Waals surface area contributed by atoms with E-state index in [1.165, 1.54) is 10.8 Å². The van der Waals surface area contributed by atoms with Crippen molar-refractivity contribution in [2.24, 2.45) is 0 Å². The summed E-state index contributed by atoms with van der Waals surface area (Å²) in [4.78, 5) is 51.3. The third-order valence-electron chi connectivity index (χ3n) is 9.60. The monoisotopic (exact) mass is 717 g/mol. The van der Waals surface area contributed by atoms with Crippen LogP contribution in [0.4, 0.5) is 27.6 Å². The van der Waals surface area contributed by atoms with Crippen LogP contribution in [0.3, 0.4) is 0 Å². The third-order valence-corrected chi connectivity index (χ3v) is 9.91. The Morgan fingerprint density at radius 1 is 1.14 bits per heavy atom. The molecule has 1 N–H and O–H groups in total. The van der Waals surface area contributed by atoms with Crippen LogP contribution in [0.2, 0.25) is 5.02 Å². The number of benzene rings is 1. The first-order valence-corrected chi connectivity index (χ1v) is 16.2. The number of rotatable bonds is 6. The van der Waals surface area contributed by atoms with Crippen LogP contribution in [0.1, 0.15) is 64.7 Å². The number of carbonyl (C=O) groups is 2. The van der Waals surface area contributed by atoms with Crippen LogP contribution >= 0.6 is 11.6 Å². The molecule has 0 saturated carbocycles. The maximum atomic E-state index is 15.0. The van der Waals surface area contributed by atoms with Crippen molar-refractivity contribution >= 4 is 40.5 Å². The molecule has 1 saturated heterocycles. The van der Waals surface area contributed by atoms with Gasteiger partial charge in [0.1, 0.15) is 12.2 Å². The largest absolute Gasteiger partial charge is 0.416 e. The van der Waals surface area contributed by atoms with Gasteiger partial charge in [-0.3, -0.25) is 19.4 Å². The first kappa shape index (κ1) is 33.8. The van der Waals surface area contributed by atoms with E-state index in [9.17, 15) is 36.3 Å². The number of hydrogen-bond acceptors (Lipinski definition) is 7. The molecule has 5 heterocycles. The smallest absolute Gasteiger partial charge is 0.377 e. The second kappa shape index (κ2) is 12.9. The summed E-state index contributed by atoms with van der Waals surface area (Å²) in [5, 5.41) is 6.56. The highest BCUT2D eigenvalue weighted by Crippen LogP contribution is 2.52. The highest BCUT2D eigenvalue weighted by atomic mass is 35.5. The number of nitrogens with one attached hydrogen (secondary N) is 1. The SMILES string of the molecule is O=C(Cn1c2c(c(=O)n3nc(C4=CCOCC4)nc13)C1(CCN(C(=O)c3ccccn3)CC1)CC2C(F)F)Nc1ccc(C(F)(F)F)cc1Cl. The van der Waals surface area contributed by atoms with Gasteiger partial charge in [-0.1, -0.05) is 23.7 Å². The van der Waals surface area contributed by atoms with Gasteiger partial charge in [0.15, 0.2) is 5.82 Å². The number of pyridine rings is 1. The van der Waals surface area contributed by atoms with Crippen molar-refractivity contribution in [1.82, 2.24) is 29.0 Å². The third kappa shape index (κ3) is 6.04. The Labute approximate surface area is 285 Å². The molecule has 1 fully saturated rings. The lowest BCUT2D eigenvalue weighted by Gasteiger charge is -2.39. The molecule has 3 aromatic heterocycles. The van der Waals surface area contributed by atoms with Gasteiger partial charge in [-0.05, 0) is 61.6 Å². The molecule has 0 radical (unpaired) electrons. The molecule has 1 aromatic carbocycles. The summed E-state index contributed by atoms with van der Waals surface area (Å²) < 4.78 is 77.2. The second-order valence-electron chi connectivity index (χ2n) is 12.5. The standard InChI is InChI=1S/C33H29ClF5N7O4/c34-21-15-19(33(37,38)39)4-5-22(21)41-24(47)17-45-26-20(27(35)36)16-32(8-11-44(12-9-32)29(48)23-3-1-2-10-40-23)25(26)30(49)46-31(45)42-28(43-46)18-6-13-50-14-7-18/h1-6,10,15,20,27H,7-9,11-14,16-17H2,(H,41,47). The molecule has 2 aliphatic heterocycles. The Balaban J connectivity index is 1.30. The summed E-state index contributed by atoms with van der Waals surface area (Å²) in [7, 11) is 0. The number of fused-ring (bicyclic) bond motifs is 3. The summed E-state index contributed by atoms with van der Waals surface area (Å²) in [6.07, 6.45) is -3.64. The zero-order valence-electron chi connectivity index (χ0n) is 26.2. The van der Waals surface area contributed by atoms with Crippen LogP contribution < -0.4 is 10.9 Å². The van der Waals surface area contributed by atoms with Crippen molar-refractivity contribution in [3.63, 3.8) is 0 Å². The Bertz CT molecular complexity index is 2070. The number of alkyl halides is 5. The molecule has 2 amide bonds. The zero-order chi connectivity index (χ0) is 35.4. The molecule has 4 aromatic rings. The van der Waals surface area contributed by atoms with Crippen molar-refractivity contribution in [1.29, 1.82) is 0 Å². The predicted molar refractivity (Wildman–Crippen MR) is 170 cm³/mol. The van der Waals surface area contributed by atoms with Crippen molar-refractivity contribution in [2.45, 2.75) is 56.2 Å². The quantitative estimate of drug-likeness (QED) is 0.268. The molecule has 1 unspecified atom stereocenters. The lowest BCUT2D eigenvalue weighted by atomic mass is 9.73. The van der Waals surface area contributed by atoms with Gasteiger partial charge in [-0.25, -0.2) is 8.78 Å². The average molecular weight is 718 g/mol. The molecule has 50 heavy (non-hydrogen) atoms. The number of carbonyl (C=O) groups excluding carboxylic acids is 2. The summed E-state index contributed by atoms with van der Waals surface area (Å²) in [5.41, 5.74) is -1.92. The maximum absolute atomic E-state index is 15.0. The van der Waals surface area contributed by atoms with Crippen LogP contribution in [0.5, 0.6) is 0 Å². The summed E-state index contributed by atoms with van der Waals surface area (Å²) in [6.45, 7) is 0.373. The van der Waals surface area contributed by atoms with Crippen molar-refractivity contribution in [3.05, 3.63) is 92.4 Å². The molecule has 0 bridgehead atoms. The highest BCUT2D eigenvalue weighted by molar-refractivity contribution is 6.33. The molecule has 7 rings (SSSR count). The highest BCUT2D eigenvalue weighted by Gasteiger charge is 2.52. The first-order chi connectivity index (χ1) is 23.9. The summed E-state index contributed by atoms with van der Waals surface area (Å²) in [5.74, 6) is -2.56. The molecule has 3 aliphatic rings. The molecular formula is C33H29ClF5N7O4. The van der Waals surface area contributed by atoms with E-state index < -0.39 is 47.5 Å². The van der Waals surface area contributed by atoms with Crippen molar-refractivity contribution in [3.8, 4) is 0 Å². The number of nitrogens with zero attached hydrogens (tertiary/aromatic N) is 6. The van der Waals surface area contributed by atoms with Gasteiger partial charge in [0.25, 0.3) is 11.5 Å². The number of amides is 2. The maximum Gasteiger partial charge on any atom is 0.416 e. The van der Waals surface area contributed by atoms with E-state index in [-0.39, 0.29) is 84.1 Å². The Morgan fingerprint density at radius 2 is 1.92 bits per heavy atom. The second-order valence-corrected chi connectivity index (χ2v) is 12.9. The minimum absolute atomic E-state index is 0.0597. The summed E-state index contributed by atoms with van der Waals surface area (Å²) in [6, 6.07) is 7.37. The van der Waals surface area contributed by atoms with Gasteiger partial charge in [-0.2, -0.15) is 22.7 Å². The molecule has 1 aliphatic carbocycles. The summed E-state index contributed by atoms with van der Waals surface area (Å²) >= 11 is 6.08. The first-order valence-electron chi connectivity index (χ1n) is 15.8. The minimum atomic E-state index is -4.67. The fourth-order valence-corrected chi connectivity index (χ4v) is 7.40. The van der Waals surface area contributed by atoms with E-state index in [0.29, 0.717) is 24.7 Å². The zero-order valence-corrected chi connectivity index (χ0v) is 27.0. The molecule has 11 nitrogen and oxygen atoms in total. The van der Waals surface area contributed by atoms with E-state index in [1.807, 2.05) is 0 Å². The Morgan fingerprint density at radius 3 is 2.56 bits per heavy atom. The van der Waals surface area contributed by atoms with Crippen LogP contribution in [0.15, 0.2) is 53.5 Å². The number of piperidine rings is 1. The fraction of sp³-hybridized carbons (Fsp3) is 0.394. The van der Waals surface area contributed by atoms with Crippen molar-refractivity contribution < 1.29 is 36.3 Å². The van der Waals surface area contributed by atoms with Crippen LogP contribution in [0, 0.1) is 0 Å². The van der Waals surface area contributed by atoms with Crippen LogP contribution in [0.25, 0.3) is 11.4 Å². The van der Waals surface area contributed by atoms with E-state index >= 15 is 0 Å². The normalized spacial score (nSPS) is 18.8. The number of ether oxygens (including phenoxy) is 1. The van der Waals surface area contributed by atoms with Gasteiger partial charge in [-0.15, -0.1) is 5.10 Å². The number of hydrogen-bond donors (Lipinski definition) is 1. The van der Waals surface area contributed by atoms with Crippen LogP contribution in [-0.2, 0) is 27.7 Å². The Kier molecular flexibility index (Phi) is 8.70. The van der Waals surface area contributed by atoms with E-state index in [2.05, 4.69) is 20.4 Å². The van der Waals surface area contributed by atoms with Gasteiger partial charge in [0.2, 0.25) is 18.1 Å². The van der Waals surface area contributed by atoms with Crippen LogP contribution in [-0.4, -0.2) is 73.6 Å².